The molecule has 2 amide bonds. The van der Waals surface area contributed by atoms with Crippen LogP contribution in [-0.2, 0) is 0 Å². The van der Waals surface area contributed by atoms with Crippen molar-refractivity contribution in [3.8, 4) is 5.75 Å². The summed E-state index contributed by atoms with van der Waals surface area (Å²) in [6, 6.07) is 7.71. The van der Waals surface area contributed by atoms with Crippen LogP contribution in [0.4, 0.5) is 4.79 Å². The van der Waals surface area contributed by atoms with Crippen LogP contribution in [0.1, 0.15) is 25.3 Å². The Bertz CT molecular complexity index is 421. The lowest BCUT2D eigenvalue weighted by Crippen LogP contribution is -2.40. The average molecular weight is 280 g/mol. The summed E-state index contributed by atoms with van der Waals surface area (Å²) in [7, 11) is 1.64. The first-order chi connectivity index (χ1) is 9.56. The van der Waals surface area contributed by atoms with Crippen LogP contribution in [-0.4, -0.2) is 49.4 Å². The van der Waals surface area contributed by atoms with E-state index in [1.807, 2.05) is 24.3 Å². The van der Waals surface area contributed by atoms with Crippen molar-refractivity contribution in [1.82, 2.24) is 10.2 Å². The maximum absolute atomic E-state index is 11.6. The maximum Gasteiger partial charge on any atom is 0.317 e. The van der Waals surface area contributed by atoms with E-state index in [9.17, 15) is 4.79 Å². The van der Waals surface area contributed by atoms with Crippen molar-refractivity contribution in [2.24, 2.45) is 0 Å². The number of ether oxygens (including phenoxy) is 1. The lowest BCUT2D eigenvalue weighted by atomic mass is 10.0. The fourth-order valence-corrected chi connectivity index (χ4v) is 1.79. The van der Waals surface area contributed by atoms with Crippen molar-refractivity contribution < 1.29 is 14.6 Å². The molecule has 0 aromatic heterocycles. The van der Waals surface area contributed by atoms with Crippen LogP contribution < -0.4 is 10.1 Å². The molecule has 5 heteroatoms. The summed E-state index contributed by atoms with van der Waals surface area (Å²) in [6.07, 6.45) is 0. The van der Waals surface area contributed by atoms with Crippen molar-refractivity contribution in [2.75, 3.05) is 33.4 Å². The molecule has 1 rings (SSSR count). The molecule has 0 saturated heterocycles. The summed E-state index contributed by atoms with van der Waals surface area (Å²) < 4.78 is 5.71. The molecule has 0 fully saturated rings. The Morgan fingerprint density at radius 2 is 2.10 bits per heavy atom. The van der Waals surface area contributed by atoms with Crippen molar-refractivity contribution in [3.63, 3.8) is 0 Å². The third-order valence-corrected chi connectivity index (χ3v) is 2.96. The van der Waals surface area contributed by atoms with E-state index in [0.717, 1.165) is 11.3 Å². The number of carbonyl (C=O) groups excluding carboxylic acids is 1. The number of hydrogen-bond acceptors (Lipinski definition) is 3. The Balaban J connectivity index is 2.36. The van der Waals surface area contributed by atoms with Crippen LogP contribution in [0.3, 0.4) is 0 Å². The number of carbonyl (C=O) groups is 1. The summed E-state index contributed by atoms with van der Waals surface area (Å²) in [6.45, 7) is 5.37. The number of hydrogen-bond donors (Lipinski definition) is 2. The number of nitrogens with one attached hydrogen (secondary N) is 1. The minimum absolute atomic E-state index is 0.0395. The summed E-state index contributed by atoms with van der Waals surface area (Å²) in [5, 5.41) is 11.5. The van der Waals surface area contributed by atoms with Crippen molar-refractivity contribution in [2.45, 2.75) is 19.8 Å². The summed E-state index contributed by atoms with van der Waals surface area (Å²) in [5.41, 5.74) is 1.16. The number of likely N-dealkylation sites (N-methyl/N-ethyl adjacent to an activating group) is 1. The van der Waals surface area contributed by atoms with E-state index in [1.165, 1.54) is 4.90 Å². The average Bonchev–Trinajstić information content (AvgIpc) is 2.43. The zero-order valence-corrected chi connectivity index (χ0v) is 12.4. The van der Waals surface area contributed by atoms with E-state index in [0.29, 0.717) is 25.6 Å². The number of rotatable bonds is 7. The van der Waals surface area contributed by atoms with Crippen LogP contribution >= 0.6 is 0 Å². The molecule has 0 saturated carbocycles. The second kappa shape index (κ2) is 8.43. The van der Waals surface area contributed by atoms with Crippen LogP contribution in [0, 0.1) is 0 Å². The quantitative estimate of drug-likeness (QED) is 0.749. The second-order valence-corrected chi connectivity index (χ2v) is 4.92. The summed E-state index contributed by atoms with van der Waals surface area (Å²) >= 11 is 0. The minimum atomic E-state index is -0.209. The first-order valence-corrected chi connectivity index (χ1v) is 6.87. The number of aliphatic hydroxyl groups excluding tert-OH is 1. The van der Waals surface area contributed by atoms with Gasteiger partial charge in [0.2, 0.25) is 0 Å². The van der Waals surface area contributed by atoms with E-state index in [-0.39, 0.29) is 12.6 Å². The first kappa shape index (κ1) is 16.3. The molecule has 5 nitrogen and oxygen atoms in total. The summed E-state index contributed by atoms with van der Waals surface area (Å²) in [5.74, 6) is 1.26. The largest absolute Gasteiger partial charge is 0.491 e. The van der Waals surface area contributed by atoms with Gasteiger partial charge >= 0.3 is 6.03 Å². The van der Waals surface area contributed by atoms with Crippen LogP contribution in [0.5, 0.6) is 5.75 Å². The second-order valence-electron chi connectivity index (χ2n) is 4.92. The highest BCUT2D eigenvalue weighted by atomic mass is 16.5. The predicted molar refractivity (Wildman–Crippen MR) is 79.1 cm³/mol. The van der Waals surface area contributed by atoms with Gasteiger partial charge in [-0.05, 0) is 17.5 Å². The van der Waals surface area contributed by atoms with E-state index >= 15 is 0 Å². The molecule has 0 aliphatic rings. The van der Waals surface area contributed by atoms with Gasteiger partial charge in [0.15, 0.2) is 0 Å². The number of urea groups is 1. The van der Waals surface area contributed by atoms with E-state index < -0.39 is 0 Å². The van der Waals surface area contributed by atoms with Gasteiger partial charge in [-0.15, -0.1) is 0 Å². The lowest BCUT2D eigenvalue weighted by Gasteiger charge is -2.17. The molecule has 1 aromatic rings. The molecule has 0 atom stereocenters. The fourth-order valence-electron chi connectivity index (χ4n) is 1.79. The van der Waals surface area contributed by atoms with E-state index in [2.05, 4.69) is 19.2 Å². The smallest absolute Gasteiger partial charge is 0.317 e. The lowest BCUT2D eigenvalue weighted by molar-refractivity contribution is 0.188. The molecule has 0 unspecified atom stereocenters. The van der Waals surface area contributed by atoms with Gasteiger partial charge in [-0.2, -0.15) is 0 Å². The SMILES string of the molecule is CC(C)c1ccccc1OCCNC(=O)N(C)CCO. The number of nitrogens with zero attached hydrogens (tertiary/aromatic N) is 1. The Hall–Kier alpha value is -1.75. The van der Waals surface area contributed by atoms with Gasteiger partial charge in [0, 0.05) is 13.6 Å². The minimum Gasteiger partial charge on any atom is -0.491 e. The van der Waals surface area contributed by atoms with Crippen LogP contribution in [0.2, 0.25) is 0 Å². The molecule has 2 N–H and O–H groups in total. The molecule has 0 aliphatic heterocycles. The Morgan fingerprint density at radius 3 is 2.75 bits per heavy atom. The standard InChI is InChI=1S/C15H24N2O3/c1-12(2)13-6-4-5-7-14(13)20-11-8-16-15(19)17(3)9-10-18/h4-7,12,18H,8-11H2,1-3H3,(H,16,19). The highest BCUT2D eigenvalue weighted by Gasteiger charge is 2.08. The third-order valence-electron chi connectivity index (χ3n) is 2.96. The van der Waals surface area contributed by atoms with E-state index in [4.69, 9.17) is 9.84 Å². The molecule has 112 valence electrons. The number of aliphatic hydroxyl groups is 1. The molecule has 0 spiro atoms. The molecule has 0 heterocycles. The molecule has 1 aromatic carbocycles. The molecule has 0 bridgehead atoms. The number of benzene rings is 1. The normalized spacial score (nSPS) is 10.4. The molecule has 0 radical (unpaired) electrons. The molecule has 20 heavy (non-hydrogen) atoms. The topological polar surface area (TPSA) is 61.8 Å². The van der Waals surface area contributed by atoms with E-state index in [1.54, 1.807) is 7.05 Å². The zero-order valence-electron chi connectivity index (χ0n) is 12.4. The first-order valence-electron chi connectivity index (χ1n) is 6.87. The van der Waals surface area contributed by atoms with Gasteiger partial charge in [0.1, 0.15) is 12.4 Å². The van der Waals surface area contributed by atoms with Crippen LogP contribution in [0.15, 0.2) is 24.3 Å². The van der Waals surface area contributed by atoms with Gasteiger partial charge in [-0.3, -0.25) is 0 Å². The molecule has 0 aliphatic carbocycles. The third kappa shape index (κ3) is 5.09. The Kier molecular flexibility index (Phi) is 6.87. The van der Waals surface area contributed by atoms with Gasteiger partial charge in [-0.1, -0.05) is 32.0 Å². The summed E-state index contributed by atoms with van der Waals surface area (Å²) in [4.78, 5) is 13.0. The Labute approximate surface area is 120 Å². The molecular formula is C15H24N2O3. The van der Waals surface area contributed by atoms with Gasteiger partial charge in [-0.25, -0.2) is 4.79 Å². The zero-order chi connectivity index (χ0) is 15.0. The van der Waals surface area contributed by atoms with Gasteiger partial charge in [0.05, 0.1) is 13.2 Å². The number of amides is 2. The predicted octanol–water partition coefficient (Wildman–Crippen LogP) is 1.82. The highest BCUT2D eigenvalue weighted by molar-refractivity contribution is 5.73. The Morgan fingerprint density at radius 1 is 1.40 bits per heavy atom. The maximum atomic E-state index is 11.6. The van der Waals surface area contributed by atoms with Crippen molar-refractivity contribution in [1.29, 1.82) is 0 Å². The van der Waals surface area contributed by atoms with Crippen molar-refractivity contribution in [3.05, 3.63) is 29.8 Å². The molecular weight excluding hydrogens is 256 g/mol. The highest BCUT2D eigenvalue weighted by Crippen LogP contribution is 2.25. The van der Waals surface area contributed by atoms with Gasteiger partial charge in [0.25, 0.3) is 0 Å². The number of para-hydroxylation sites is 1. The van der Waals surface area contributed by atoms with Crippen LogP contribution in [0.25, 0.3) is 0 Å². The van der Waals surface area contributed by atoms with Crippen molar-refractivity contribution >= 4 is 6.03 Å². The van der Waals surface area contributed by atoms with Gasteiger partial charge < -0.3 is 20.1 Å². The monoisotopic (exact) mass is 280 g/mol. The fraction of sp³-hybridized carbons (Fsp3) is 0.533.